The minimum atomic E-state index is -4.98. The number of nitrogens with one attached hydrogen (secondary N) is 1. The van der Waals surface area contributed by atoms with Gasteiger partial charge in [0.1, 0.15) is 5.75 Å². The van der Waals surface area contributed by atoms with Crippen molar-refractivity contribution in [2.75, 3.05) is 6.54 Å². The maximum absolute atomic E-state index is 13.5. The van der Waals surface area contributed by atoms with E-state index in [9.17, 15) is 23.1 Å². The third-order valence-corrected chi connectivity index (χ3v) is 4.21. The van der Waals surface area contributed by atoms with Crippen LogP contribution >= 0.6 is 11.6 Å². The van der Waals surface area contributed by atoms with E-state index in [1.54, 1.807) is 12.1 Å². The van der Waals surface area contributed by atoms with Crippen molar-refractivity contribution in [1.29, 1.82) is 0 Å². The summed E-state index contributed by atoms with van der Waals surface area (Å²) < 4.78 is 46.0. The summed E-state index contributed by atoms with van der Waals surface area (Å²) in [5, 5.41) is 12.9. The largest absolute Gasteiger partial charge is 0.478 e. The fourth-order valence-corrected chi connectivity index (χ4v) is 2.47. The van der Waals surface area contributed by atoms with Crippen molar-refractivity contribution < 1.29 is 27.8 Å². The van der Waals surface area contributed by atoms with Crippen molar-refractivity contribution in [1.82, 2.24) is 5.32 Å². The number of hydrogen-bond donors (Lipinski definition) is 2. The lowest BCUT2D eigenvalue weighted by molar-refractivity contribution is -0.264. The molecular weight excluding hydrogens is 383 g/mol. The highest BCUT2D eigenvalue weighted by Crippen LogP contribution is 2.38. The maximum Gasteiger partial charge on any atom is 0.423 e. The lowest BCUT2D eigenvalue weighted by Gasteiger charge is -2.33. The molecule has 1 atom stereocenters. The van der Waals surface area contributed by atoms with Crippen LogP contribution in [-0.4, -0.2) is 29.3 Å². The average molecular weight is 402 g/mol. The summed E-state index contributed by atoms with van der Waals surface area (Å²) in [7, 11) is 0. The topological polar surface area (TPSA) is 58.6 Å². The minimum absolute atomic E-state index is 0.327. The second-order valence-electron chi connectivity index (χ2n) is 6.47. The summed E-state index contributed by atoms with van der Waals surface area (Å²) in [4.78, 5) is 12.4. The van der Waals surface area contributed by atoms with Crippen molar-refractivity contribution in [3.63, 3.8) is 0 Å². The smallest absolute Gasteiger partial charge is 0.423 e. The van der Waals surface area contributed by atoms with Gasteiger partial charge in [0.25, 0.3) is 5.91 Å². The van der Waals surface area contributed by atoms with Crippen LogP contribution in [0.5, 0.6) is 5.75 Å². The van der Waals surface area contributed by atoms with E-state index in [1.807, 2.05) is 0 Å². The summed E-state index contributed by atoms with van der Waals surface area (Å²) in [6, 6.07) is 12.8. The Morgan fingerprint density at radius 3 is 2.15 bits per heavy atom. The van der Waals surface area contributed by atoms with E-state index in [-0.39, 0.29) is 5.56 Å². The fourth-order valence-electron chi connectivity index (χ4n) is 2.34. The van der Waals surface area contributed by atoms with Gasteiger partial charge in [-0.05, 0) is 43.7 Å². The van der Waals surface area contributed by atoms with Crippen molar-refractivity contribution in [2.24, 2.45) is 0 Å². The highest BCUT2D eigenvalue weighted by atomic mass is 35.5. The Kier molecular flexibility index (Phi) is 6.07. The molecule has 4 nitrogen and oxygen atoms in total. The van der Waals surface area contributed by atoms with Gasteiger partial charge >= 0.3 is 6.18 Å². The van der Waals surface area contributed by atoms with E-state index < -0.39 is 29.8 Å². The molecule has 8 heteroatoms. The highest BCUT2D eigenvalue weighted by molar-refractivity contribution is 6.30. The number of ether oxygens (including phenoxy) is 1. The van der Waals surface area contributed by atoms with Gasteiger partial charge in [0.05, 0.1) is 6.54 Å². The summed E-state index contributed by atoms with van der Waals surface area (Å²) in [6.45, 7) is 1.77. The van der Waals surface area contributed by atoms with Crippen LogP contribution in [0.25, 0.3) is 0 Å². The van der Waals surface area contributed by atoms with E-state index in [1.165, 1.54) is 44.2 Å². The number of carbonyl (C=O) groups excluding carboxylic acids is 1. The lowest BCUT2D eigenvalue weighted by Crippen LogP contribution is -2.55. The van der Waals surface area contributed by atoms with E-state index in [0.717, 1.165) is 12.1 Å². The van der Waals surface area contributed by atoms with E-state index in [2.05, 4.69) is 5.32 Å². The molecule has 0 aliphatic rings. The first-order valence-electron chi connectivity index (χ1n) is 8.03. The first kappa shape index (κ1) is 21.1. The minimum Gasteiger partial charge on any atom is -0.478 e. The molecule has 0 bridgehead atoms. The summed E-state index contributed by atoms with van der Waals surface area (Å²) >= 11 is 5.78. The molecule has 2 aromatic rings. The molecule has 0 heterocycles. The van der Waals surface area contributed by atoms with Crippen LogP contribution in [-0.2, 0) is 10.4 Å². The standard InChI is InChI=1S/C19H19ClF3NO3/c1-17(2,27-15-10-8-14(20)9-11-15)16(25)24-12-18(26,19(21,22)23)13-6-4-3-5-7-13/h3-11,26H,12H2,1-2H3,(H,24,25)/t18-/m1/s1. The van der Waals surface area contributed by atoms with E-state index in [0.29, 0.717) is 10.8 Å². The zero-order valence-corrected chi connectivity index (χ0v) is 15.4. The molecule has 0 radical (unpaired) electrons. The summed E-state index contributed by atoms with van der Waals surface area (Å²) in [5.74, 6) is -0.482. The summed E-state index contributed by atoms with van der Waals surface area (Å²) in [6.07, 6.45) is -4.98. The van der Waals surface area contributed by atoms with Crippen LogP contribution in [0, 0.1) is 0 Å². The molecule has 0 aliphatic heterocycles. The Bertz CT molecular complexity index is 779. The van der Waals surface area contributed by atoms with Gasteiger partial charge in [0.2, 0.25) is 5.60 Å². The first-order valence-corrected chi connectivity index (χ1v) is 8.41. The molecule has 0 saturated carbocycles. The summed E-state index contributed by atoms with van der Waals surface area (Å²) in [5.41, 5.74) is -5.06. The Hall–Kier alpha value is -2.25. The molecule has 146 valence electrons. The number of halogens is 4. The lowest BCUT2D eigenvalue weighted by atomic mass is 9.92. The van der Waals surface area contributed by atoms with E-state index in [4.69, 9.17) is 16.3 Å². The molecule has 0 spiro atoms. The van der Waals surface area contributed by atoms with Gasteiger partial charge in [-0.3, -0.25) is 4.79 Å². The SMILES string of the molecule is CC(C)(Oc1ccc(Cl)cc1)C(=O)NC[C@@](O)(c1ccccc1)C(F)(F)F. The third-order valence-electron chi connectivity index (χ3n) is 3.96. The maximum atomic E-state index is 13.5. The molecule has 27 heavy (non-hydrogen) atoms. The molecular formula is C19H19ClF3NO3. The number of carbonyl (C=O) groups is 1. The Morgan fingerprint density at radius 2 is 1.63 bits per heavy atom. The first-order chi connectivity index (χ1) is 12.5. The van der Waals surface area contributed by atoms with Crippen LogP contribution in [0.3, 0.4) is 0 Å². The van der Waals surface area contributed by atoms with Gasteiger partial charge in [0.15, 0.2) is 5.60 Å². The second-order valence-corrected chi connectivity index (χ2v) is 6.91. The second kappa shape index (κ2) is 7.78. The van der Waals surface area contributed by atoms with Gasteiger partial charge in [-0.1, -0.05) is 41.9 Å². The number of benzene rings is 2. The molecule has 2 N–H and O–H groups in total. The molecule has 0 saturated heterocycles. The van der Waals surface area contributed by atoms with Crippen molar-refractivity contribution in [3.8, 4) is 5.75 Å². The predicted molar refractivity (Wildman–Crippen MR) is 95.6 cm³/mol. The zero-order chi connectivity index (χ0) is 20.3. The predicted octanol–water partition coefficient (Wildman–Crippen LogP) is 4.06. The number of hydrogen-bond acceptors (Lipinski definition) is 3. The molecule has 0 fully saturated rings. The monoisotopic (exact) mass is 401 g/mol. The fraction of sp³-hybridized carbons (Fsp3) is 0.316. The molecule has 0 aromatic heterocycles. The van der Waals surface area contributed by atoms with Crippen molar-refractivity contribution >= 4 is 17.5 Å². The van der Waals surface area contributed by atoms with Gasteiger partial charge < -0.3 is 15.2 Å². The highest BCUT2D eigenvalue weighted by Gasteiger charge is 2.55. The molecule has 1 amide bonds. The van der Waals surface area contributed by atoms with Crippen LogP contribution in [0.1, 0.15) is 19.4 Å². The molecule has 0 unspecified atom stereocenters. The van der Waals surface area contributed by atoms with Crippen LogP contribution in [0.4, 0.5) is 13.2 Å². The van der Waals surface area contributed by atoms with Crippen LogP contribution in [0.15, 0.2) is 54.6 Å². The van der Waals surface area contributed by atoms with Crippen LogP contribution < -0.4 is 10.1 Å². The zero-order valence-electron chi connectivity index (χ0n) is 14.7. The van der Waals surface area contributed by atoms with Gasteiger partial charge in [-0.2, -0.15) is 13.2 Å². The average Bonchev–Trinajstić information content (AvgIpc) is 2.61. The van der Waals surface area contributed by atoms with Gasteiger partial charge in [0, 0.05) is 5.02 Å². The molecule has 0 aliphatic carbocycles. The number of aliphatic hydroxyl groups is 1. The van der Waals surface area contributed by atoms with E-state index >= 15 is 0 Å². The number of amides is 1. The van der Waals surface area contributed by atoms with Gasteiger partial charge in [-0.25, -0.2) is 0 Å². The Labute approximate surface area is 159 Å². The number of alkyl halides is 3. The number of rotatable bonds is 6. The van der Waals surface area contributed by atoms with Crippen molar-refractivity contribution in [2.45, 2.75) is 31.2 Å². The third kappa shape index (κ3) is 4.93. The quantitative estimate of drug-likeness (QED) is 0.767. The Morgan fingerprint density at radius 1 is 1.07 bits per heavy atom. The molecule has 2 aromatic carbocycles. The van der Waals surface area contributed by atoms with Gasteiger partial charge in [-0.15, -0.1) is 0 Å². The molecule has 2 rings (SSSR count). The van der Waals surface area contributed by atoms with Crippen LogP contribution in [0.2, 0.25) is 5.02 Å². The van der Waals surface area contributed by atoms with Crippen molar-refractivity contribution in [3.05, 3.63) is 65.2 Å². The Balaban J connectivity index is 2.14. The normalized spacial score (nSPS) is 14.3.